The van der Waals surface area contributed by atoms with Gasteiger partial charge in [0.05, 0.1) is 12.3 Å². The van der Waals surface area contributed by atoms with E-state index in [9.17, 15) is 9.50 Å². The van der Waals surface area contributed by atoms with Crippen LogP contribution in [0.3, 0.4) is 0 Å². The molecule has 1 spiro atoms. The molecule has 3 fully saturated rings. The van der Waals surface area contributed by atoms with E-state index in [0.29, 0.717) is 24.5 Å². The average molecular weight is 589 g/mol. The van der Waals surface area contributed by atoms with Crippen molar-refractivity contribution in [2.45, 2.75) is 64.2 Å². The van der Waals surface area contributed by atoms with Gasteiger partial charge in [0, 0.05) is 68.6 Å². The van der Waals surface area contributed by atoms with E-state index < -0.39 is 0 Å². The van der Waals surface area contributed by atoms with Crippen LogP contribution in [-0.2, 0) is 19.4 Å². The second-order valence-electron chi connectivity index (χ2n) is 12.8. The van der Waals surface area contributed by atoms with Crippen LogP contribution in [0.1, 0.15) is 49.4 Å². The zero-order valence-corrected chi connectivity index (χ0v) is 24.9. The first-order chi connectivity index (χ1) is 21.0. The van der Waals surface area contributed by atoms with Crippen LogP contribution in [0.4, 0.5) is 10.2 Å². The summed E-state index contributed by atoms with van der Waals surface area (Å²) in [7, 11) is 0. The van der Waals surface area contributed by atoms with Crippen molar-refractivity contribution < 1.29 is 19.0 Å². The molecule has 228 valence electrons. The standard InChI is InChI=1S/C33H41FN6O3/c1-2-23-13-24(34)5-6-29(23)43-31-16-35-22-37-32(31)40-20-33(21-40)14-26(15-33)42-30-7-9-36-28-8-12-39(19-27(28)30)18-25(41)17-38-10-3-4-11-38/h5-7,9,13,16,22,25-26,41H,2-4,8,10-12,14-15,17-21H2,1H3. The Morgan fingerprint density at radius 3 is 2.65 bits per heavy atom. The Morgan fingerprint density at radius 2 is 1.84 bits per heavy atom. The molecule has 4 aliphatic rings. The number of anilines is 1. The maximum Gasteiger partial charge on any atom is 0.188 e. The Balaban J connectivity index is 0.941. The smallest absolute Gasteiger partial charge is 0.188 e. The SMILES string of the molecule is CCc1cc(F)ccc1Oc1cncnc1N1CC2(CC(Oc3ccnc4c3CN(CC(O)CN3CCCC3)CC4)C2)C1. The van der Waals surface area contributed by atoms with Crippen LogP contribution in [0.2, 0.25) is 0 Å². The highest BCUT2D eigenvalue weighted by Gasteiger charge is 2.54. The van der Waals surface area contributed by atoms with Crippen LogP contribution >= 0.6 is 0 Å². The summed E-state index contributed by atoms with van der Waals surface area (Å²) in [4.78, 5) is 20.3. The molecule has 7 rings (SSSR count). The maximum atomic E-state index is 13.7. The molecule has 1 saturated carbocycles. The molecule has 0 bridgehead atoms. The molecule has 2 aromatic heterocycles. The fraction of sp³-hybridized carbons (Fsp3) is 0.545. The summed E-state index contributed by atoms with van der Waals surface area (Å²) < 4.78 is 26.5. The third-order valence-electron chi connectivity index (χ3n) is 9.53. The van der Waals surface area contributed by atoms with Crippen LogP contribution in [0.25, 0.3) is 0 Å². The second-order valence-corrected chi connectivity index (χ2v) is 12.8. The maximum absolute atomic E-state index is 13.7. The Labute approximate surface area is 252 Å². The number of ether oxygens (including phenoxy) is 2. The zero-order valence-electron chi connectivity index (χ0n) is 24.9. The van der Waals surface area contributed by atoms with Gasteiger partial charge in [-0.25, -0.2) is 14.4 Å². The summed E-state index contributed by atoms with van der Waals surface area (Å²) in [6.45, 7) is 9.10. The van der Waals surface area contributed by atoms with E-state index in [1.807, 2.05) is 19.2 Å². The molecule has 1 aromatic carbocycles. The van der Waals surface area contributed by atoms with Crippen LogP contribution in [0.5, 0.6) is 17.2 Å². The number of aliphatic hydroxyl groups excluding tert-OH is 1. The summed E-state index contributed by atoms with van der Waals surface area (Å²) in [5.74, 6) is 2.66. The second kappa shape index (κ2) is 12.0. The van der Waals surface area contributed by atoms with Crippen LogP contribution in [0, 0.1) is 11.2 Å². The fourth-order valence-corrected chi connectivity index (χ4v) is 7.35. The summed E-state index contributed by atoms with van der Waals surface area (Å²) in [5.41, 5.74) is 3.33. The molecule has 1 unspecified atom stereocenters. The number of hydrogen-bond donors (Lipinski definition) is 1. The number of fused-ring (bicyclic) bond motifs is 1. The normalized spacial score (nSPS) is 20.9. The zero-order chi connectivity index (χ0) is 29.4. The van der Waals surface area contributed by atoms with Crippen LogP contribution in [-0.4, -0.2) is 87.9 Å². The average Bonchev–Trinajstić information content (AvgIpc) is 3.48. The molecule has 3 aliphatic heterocycles. The van der Waals surface area contributed by atoms with Crippen molar-refractivity contribution in [3.8, 4) is 17.2 Å². The minimum atomic E-state index is -0.334. The lowest BCUT2D eigenvalue weighted by Gasteiger charge is -2.59. The van der Waals surface area contributed by atoms with Crippen LogP contribution < -0.4 is 14.4 Å². The Hall–Kier alpha value is -3.34. The van der Waals surface area contributed by atoms with Gasteiger partial charge in [0.25, 0.3) is 0 Å². The van der Waals surface area contributed by atoms with Crippen molar-refractivity contribution >= 4 is 5.82 Å². The number of hydrogen-bond acceptors (Lipinski definition) is 9. The largest absolute Gasteiger partial charge is 0.490 e. The molecule has 10 heteroatoms. The molecule has 0 amide bonds. The van der Waals surface area contributed by atoms with E-state index >= 15 is 0 Å². The number of β-amino-alcohol motifs (C(OH)–C–C–N with tert-alkyl or cyclic N) is 1. The van der Waals surface area contributed by atoms with Gasteiger partial charge in [0.15, 0.2) is 11.6 Å². The highest BCUT2D eigenvalue weighted by Crippen LogP contribution is 2.52. The Kier molecular flexibility index (Phi) is 7.92. The predicted molar refractivity (Wildman–Crippen MR) is 161 cm³/mol. The molecular formula is C33H41FN6O3. The fourth-order valence-electron chi connectivity index (χ4n) is 7.35. The van der Waals surface area contributed by atoms with Gasteiger partial charge in [-0.05, 0) is 75.0 Å². The van der Waals surface area contributed by atoms with Gasteiger partial charge in [-0.1, -0.05) is 6.92 Å². The number of likely N-dealkylation sites (tertiary alicyclic amines) is 1. The first kappa shape index (κ1) is 28.4. The van der Waals surface area contributed by atoms with Crippen molar-refractivity contribution in [2.24, 2.45) is 5.41 Å². The third kappa shape index (κ3) is 6.05. The van der Waals surface area contributed by atoms with E-state index in [1.165, 1.54) is 30.5 Å². The van der Waals surface area contributed by atoms with E-state index in [2.05, 4.69) is 29.7 Å². The van der Waals surface area contributed by atoms with Crippen molar-refractivity contribution in [1.82, 2.24) is 24.8 Å². The molecular weight excluding hydrogens is 547 g/mol. The summed E-state index contributed by atoms with van der Waals surface area (Å²) in [5, 5.41) is 10.7. The van der Waals surface area contributed by atoms with E-state index in [4.69, 9.17) is 9.47 Å². The number of aryl methyl sites for hydroxylation is 1. The van der Waals surface area contributed by atoms with Crippen molar-refractivity contribution in [3.63, 3.8) is 0 Å². The minimum Gasteiger partial charge on any atom is -0.490 e. The van der Waals surface area contributed by atoms with E-state index in [-0.39, 0.29) is 23.4 Å². The first-order valence-electron chi connectivity index (χ1n) is 15.7. The highest BCUT2D eigenvalue weighted by molar-refractivity contribution is 5.56. The molecule has 9 nitrogen and oxygen atoms in total. The summed E-state index contributed by atoms with van der Waals surface area (Å²) in [6.07, 6.45) is 11.0. The van der Waals surface area contributed by atoms with Gasteiger partial charge < -0.3 is 24.4 Å². The van der Waals surface area contributed by atoms with Gasteiger partial charge in [-0.2, -0.15) is 0 Å². The van der Waals surface area contributed by atoms with Crippen molar-refractivity contribution in [2.75, 3.05) is 50.7 Å². The number of nitrogens with zero attached hydrogens (tertiary/aromatic N) is 6. The van der Waals surface area contributed by atoms with E-state index in [0.717, 1.165) is 87.9 Å². The lowest BCUT2D eigenvalue weighted by molar-refractivity contribution is -0.0354. The van der Waals surface area contributed by atoms with Crippen molar-refractivity contribution in [1.29, 1.82) is 0 Å². The first-order valence-corrected chi connectivity index (χ1v) is 15.7. The van der Waals surface area contributed by atoms with Gasteiger partial charge in [-0.3, -0.25) is 9.88 Å². The van der Waals surface area contributed by atoms with Crippen LogP contribution in [0.15, 0.2) is 43.0 Å². The predicted octanol–water partition coefficient (Wildman–Crippen LogP) is 4.23. The van der Waals surface area contributed by atoms with Gasteiger partial charge in [0.2, 0.25) is 0 Å². The molecule has 1 N–H and O–H groups in total. The lowest BCUT2D eigenvalue weighted by atomic mass is 9.61. The van der Waals surface area contributed by atoms with E-state index in [1.54, 1.807) is 18.6 Å². The molecule has 43 heavy (non-hydrogen) atoms. The molecule has 1 aliphatic carbocycles. The van der Waals surface area contributed by atoms with Gasteiger partial charge in [0.1, 0.15) is 29.7 Å². The quantitative estimate of drug-likeness (QED) is 0.374. The number of aliphatic hydroxyl groups is 1. The number of aromatic nitrogens is 3. The third-order valence-corrected chi connectivity index (χ3v) is 9.53. The summed E-state index contributed by atoms with van der Waals surface area (Å²) >= 11 is 0. The molecule has 1 atom stereocenters. The minimum absolute atomic E-state index is 0.178. The van der Waals surface area contributed by atoms with Gasteiger partial charge in [-0.15, -0.1) is 0 Å². The molecule has 5 heterocycles. The lowest BCUT2D eigenvalue weighted by Crippen LogP contribution is -2.65. The molecule has 2 saturated heterocycles. The number of rotatable bonds is 10. The monoisotopic (exact) mass is 588 g/mol. The Morgan fingerprint density at radius 1 is 1.02 bits per heavy atom. The van der Waals surface area contributed by atoms with Gasteiger partial charge >= 0.3 is 0 Å². The number of pyridine rings is 1. The molecule has 3 aromatic rings. The number of benzene rings is 1. The summed E-state index contributed by atoms with van der Waals surface area (Å²) in [6, 6.07) is 6.61. The van der Waals surface area contributed by atoms with Crippen molar-refractivity contribution in [3.05, 3.63) is 65.6 Å². The topological polar surface area (TPSA) is 87.1 Å². The Bertz CT molecular complexity index is 1440. The molecule has 0 radical (unpaired) electrons. The number of halogens is 1. The highest BCUT2D eigenvalue weighted by atomic mass is 19.1.